The lowest BCUT2D eigenvalue weighted by atomic mass is 9.81. The smallest absolute Gasteiger partial charge is 0.224 e. The van der Waals surface area contributed by atoms with E-state index >= 15 is 0 Å². The minimum Gasteiger partial charge on any atom is -0.378 e. The normalized spacial score (nSPS) is 28.9. The van der Waals surface area contributed by atoms with Crippen LogP contribution in [0.15, 0.2) is 0 Å². The zero-order chi connectivity index (χ0) is 23.1. The molecule has 4 fully saturated rings. The van der Waals surface area contributed by atoms with Gasteiger partial charge in [-0.2, -0.15) is 5.26 Å². The SMILES string of the molecule is N#CC1(NC(=O)C(CC(=O)N2CCOCC2)CC2CCCCC2)CCN(C2CCCCC2)C1. The predicted molar refractivity (Wildman–Crippen MR) is 126 cm³/mol. The van der Waals surface area contributed by atoms with Crippen LogP contribution in [0.2, 0.25) is 0 Å². The van der Waals surface area contributed by atoms with Gasteiger partial charge in [-0.3, -0.25) is 14.5 Å². The lowest BCUT2D eigenvalue weighted by Gasteiger charge is -2.33. The number of ether oxygens (including phenoxy) is 1. The molecule has 1 N–H and O–H groups in total. The number of hydrogen-bond acceptors (Lipinski definition) is 5. The Hall–Kier alpha value is -1.65. The van der Waals surface area contributed by atoms with Gasteiger partial charge in [0, 0.05) is 44.6 Å². The summed E-state index contributed by atoms with van der Waals surface area (Å²) in [7, 11) is 0. The number of carbonyl (C=O) groups excluding carboxylic acids is 2. The van der Waals surface area contributed by atoms with E-state index in [1.54, 1.807) is 0 Å². The lowest BCUT2D eigenvalue weighted by Crippen LogP contribution is -2.53. The Labute approximate surface area is 199 Å². The minimum absolute atomic E-state index is 0.0514. The number of amides is 2. The number of likely N-dealkylation sites (tertiary alicyclic amines) is 1. The van der Waals surface area contributed by atoms with Gasteiger partial charge in [0.05, 0.1) is 19.3 Å². The Balaban J connectivity index is 1.40. The van der Waals surface area contributed by atoms with Crippen molar-refractivity contribution in [3.8, 4) is 6.07 Å². The summed E-state index contributed by atoms with van der Waals surface area (Å²) in [5.74, 6) is 0.120. The highest BCUT2D eigenvalue weighted by Gasteiger charge is 2.43. The highest BCUT2D eigenvalue weighted by molar-refractivity contribution is 5.86. The molecular formula is C26H42N4O3. The van der Waals surface area contributed by atoms with Crippen molar-refractivity contribution in [1.82, 2.24) is 15.1 Å². The van der Waals surface area contributed by atoms with Crippen LogP contribution in [0.5, 0.6) is 0 Å². The van der Waals surface area contributed by atoms with Crippen LogP contribution in [0.25, 0.3) is 0 Å². The largest absolute Gasteiger partial charge is 0.378 e. The molecule has 7 heteroatoms. The summed E-state index contributed by atoms with van der Waals surface area (Å²) in [6.07, 6.45) is 13.9. The van der Waals surface area contributed by atoms with Crippen LogP contribution in [0.1, 0.15) is 83.5 Å². The van der Waals surface area contributed by atoms with Gasteiger partial charge in [-0.15, -0.1) is 0 Å². The third-order valence-corrected chi connectivity index (χ3v) is 8.46. The summed E-state index contributed by atoms with van der Waals surface area (Å²) in [5, 5.41) is 13.3. The van der Waals surface area contributed by atoms with Crippen LogP contribution in [0.4, 0.5) is 0 Å². The molecule has 2 aliphatic carbocycles. The van der Waals surface area contributed by atoms with Gasteiger partial charge in [0.15, 0.2) is 0 Å². The Morgan fingerprint density at radius 3 is 2.33 bits per heavy atom. The van der Waals surface area contributed by atoms with Gasteiger partial charge < -0.3 is 15.0 Å². The standard InChI is InChI=1S/C26H42N4O3/c27-19-26(11-12-30(20-26)23-9-5-2-6-10-23)28-25(32)22(17-21-7-3-1-4-8-21)18-24(31)29-13-15-33-16-14-29/h21-23H,1-18,20H2,(H,28,32). The van der Waals surface area contributed by atoms with Crippen molar-refractivity contribution in [3.05, 3.63) is 0 Å². The van der Waals surface area contributed by atoms with Crippen LogP contribution in [0.3, 0.4) is 0 Å². The molecule has 0 spiro atoms. The number of rotatable bonds is 7. The maximum absolute atomic E-state index is 13.6. The van der Waals surface area contributed by atoms with E-state index in [0.29, 0.717) is 51.2 Å². The number of hydrogen-bond donors (Lipinski definition) is 1. The highest BCUT2D eigenvalue weighted by atomic mass is 16.5. The molecule has 2 aliphatic heterocycles. The number of nitrogens with one attached hydrogen (secondary N) is 1. The molecule has 33 heavy (non-hydrogen) atoms. The van der Waals surface area contributed by atoms with E-state index in [4.69, 9.17) is 4.74 Å². The van der Waals surface area contributed by atoms with E-state index < -0.39 is 5.54 Å². The molecule has 2 heterocycles. The van der Waals surface area contributed by atoms with E-state index in [0.717, 1.165) is 25.8 Å². The molecule has 0 aromatic heterocycles. The Morgan fingerprint density at radius 2 is 1.67 bits per heavy atom. The van der Waals surface area contributed by atoms with Crippen molar-refractivity contribution < 1.29 is 14.3 Å². The maximum atomic E-state index is 13.6. The molecule has 0 aromatic rings. The number of nitriles is 1. The molecular weight excluding hydrogens is 416 g/mol. The second-order valence-electron chi connectivity index (χ2n) is 10.8. The van der Waals surface area contributed by atoms with Crippen molar-refractivity contribution >= 4 is 11.8 Å². The minimum atomic E-state index is -0.818. The number of nitrogens with zero attached hydrogens (tertiary/aromatic N) is 3. The Kier molecular flexibility index (Phi) is 8.65. The third-order valence-electron chi connectivity index (χ3n) is 8.46. The van der Waals surface area contributed by atoms with Crippen LogP contribution >= 0.6 is 0 Å². The fourth-order valence-corrected chi connectivity index (χ4v) is 6.42. The third kappa shape index (κ3) is 6.48. The van der Waals surface area contributed by atoms with Gasteiger partial charge in [0.1, 0.15) is 5.54 Å². The van der Waals surface area contributed by atoms with Crippen LogP contribution in [-0.2, 0) is 14.3 Å². The van der Waals surface area contributed by atoms with Crippen molar-refractivity contribution in [3.63, 3.8) is 0 Å². The van der Waals surface area contributed by atoms with Gasteiger partial charge in [-0.05, 0) is 31.6 Å². The van der Waals surface area contributed by atoms with Crippen molar-refractivity contribution in [2.24, 2.45) is 11.8 Å². The molecule has 4 aliphatic rings. The van der Waals surface area contributed by atoms with E-state index in [1.165, 1.54) is 51.4 Å². The van der Waals surface area contributed by atoms with Crippen LogP contribution in [0, 0.1) is 23.2 Å². The fourth-order valence-electron chi connectivity index (χ4n) is 6.42. The second kappa shape index (κ2) is 11.7. The molecule has 2 atom stereocenters. The topological polar surface area (TPSA) is 85.7 Å². The zero-order valence-electron chi connectivity index (χ0n) is 20.2. The molecule has 2 saturated carbocycles. The van der Waals surface area contributed by atoms with E-state index in [2.05, 4.69) is 16.3 Å². The summed E-state index contributed by atoms with van der Waals surface area (Å²) in [6, 6.07) is 3.02. The molecule has 2 unspecified atom stereocenters. The molecule has 0 bridgehead atoms. The average Bonchev–Trinajstić information content (AvgIpc) is 3.30. The number of morpholine rings is 1. The first kappa shape index (κ1) is 24.5. The molecule has 7 nitrogen and oxygen atoms in total. The summed E-state index contributed by atoms with van der Waals surface area (Å²) in [5.41, 5.74) is -0.818. The van der Waals surface area contributed by atoms with Gasteiger partial charge >= 0.3 is 0 Å². The van der Waals surface area contributed by atoms with Crippen molar-refractivity contribution in [2.45, 2.75) is 95.1 Å². The summed E-state index contributed by atoms with van der Waals surface area (Å²) in [6.45, 7) is 3.84. The molecule has 2 amide bonds. The maximum Gasteiger partial charge on any atom is 0.224 e. The molecule has 0 radical (unpaired) electrons. The molecule has 2 saturated heterocycles. The zero-order valence-corrected chi connectivity index (χ0v) is 20.2. The van der Waals surface area contributed by atoms with Gasteiger partial charge in [-0.25, -0.2) is 0 Å². The van der Waals surface area contributed by atoms with Gasteiger partial charge in [0.2, 0.25) is 11.8 Å². The fraction of sp³-hybridized carbons (Fsp3) is 0.885. The van der Waals surface area contributed by atoms with E-state index in [-0.39, 0.29) is 24.2 Å². The Morgan fingerprint density at radius 1 is 1.00 bits per heavy atom. The Bertz CT molecular complexity index is 705. The van der Waals surface area contributed by atoms with E-state index in [1.807, 2.05) is 4.90 Å². The first-order chi connectivity index (χ1) is 16.1. The van der Waals surface area contributed by atoms with Crippen molar-refractivity contribution in [1.29, 1.82) is 5.26 Å². The molecule has 0 aromatic carbocycles. The van der Waals surface area contributed by atoms with Crippen LogP contribution < -0.4 is 5.32 Å². The summed E-state index contributed by atoms with van der Waals surface area (Å²) in [4.78, 5) is 30.8. The monoisotopic (exact) mass is 458 g/mol. The number of carbonyl (C=O) groups is 2. The second-order valence-corrected chi connectivity index (χ2v) is 10.8. The predicted octanol–water partition coefficient (Wildman–Crippen LogP) is 3.24. The summed E-state index contributed by atoms with van der Waals surface area (Å²) >= 11 is 0. The summed E-state index contributed by atoms with van der Waals surface area (Å²) < 4.78 is 5.39. The molecule has 184 valence electrons. The average molecular weight is 459 g/mol. The first-order valence-electron chi connectivity index (χ1n) is 13.4. The quantitative estimate of drug-likeness (QED) is 0.633. The first-order valence-corrected chi connectivity index (χ1v) is 13.4. The van der Waals surface area contributed by atoms with Gasteiger partial charge in [-0.1, -0.05) is 51.4 Å². The molecule has 4 rings (SSSR count). The van der Waals surface area contributed by atoms with Gasteiger partial charge in [0.25, 0.3) is 0 Å². The van der Waals surface area contributed by atoms with E-state index in [9.17, 15) is 14.9 Å². The highest BCUT2D eigenvalue weighted by Crippen LogP contribution is 2.33. The lowest BCUT2D eigenvalue weighted by molar-refractivity contribution is -0.140. The van der Waals surface area contributed by atoms with Crippen molar-refractivity contribution in [2.75, 3.05) is 39.4 Å². The van der Waals surface area contributed by atoms with Crippen LogP contribution in [-0.4, -0.2) is 72.6 Å².